The van der Waals surface area contributed by atoms with Gasteiger partial charge < -0.3 is 0 Å². The Labute approximate surface area is 105 Å². The lowest BCUT2D eigenvalue weighted by atomic mass is 10.2. The summed E-state index contributed by atoms with van der Waals surface area (Å²) in [6.07, 6.45) is 4.89. The van der Waals surface area contributed by atoms with Crippen LogP contribution < -0.4 is 4.90 Å². The van der Waals surface area contributed by atoms with Gasteiger partial charge in [-0.05, 0) is 25.5 Å². The van der Waals surface area contributed by atoms with Gasteiger partial charge in [0.15, 0.2) is 5.69 Å². The highest BCUT2D eigenvalue weighted by molar-refractivity contribution is 6.08. The zero-order valence-electron chi connectivity index (χ0n) is 10.2. The maximum Gasteiger partial charge on any atom is 0.280 e. The number of aryl methyl sites for hydroxylation is 1. The van der Waals surface area contributed by atoms with Crippen molar-refractivity contribution in [1.82, 2.24) is 15.0 Å². The second-order valence-electron chi connectivity index (χ2n) is 4.34. The summed E-state index contributed by atoms with van der Waals surface area (Å²) in [4.78, 5) is 26.5. The molecule has 0 N–H and O–H groups in total. The number of fused-ring (bicyclic) bond motifs is 1. The number of anilines is 1. The maximum atomic E-state index is 12.3. The number of pyridine rings is 1. The summed E-state index contributed by atoms with van der Waals surface area (Å²) < 4.78 is 0. The molecule has 1 unspecified atom stereocenters. The van der Waals surface area contributed by atoms with Gasteiger partial charge in [0.1, 0.15) is 5.82 Å². The van der Waals surface area contributed by atoms with E-state index in [1.807, 2.05) is 26.0 Å². The Morgan fingerprint density at radius 3 is 2.61 bits per heavy atom. The second kappa shape index (κ2) is 3.87. The van der Waals surface area contributed by atoms with Crippen LogP contribution in [0, 0.1) is 6.92 Å². The molecule has 1 amide bonds. The van der Waals surface area contributed by atoms with E-state index in [1.165, 1.54) is 6.20 Å². The quantitative estimate of drug-likeness (QED) is 0.763. The summed E-state index contributed by atoms with van der Waals surface area (Å²) in [5.41, 5.74) is 2.20. The molecular weight excluding hydrogens is 228 g/mol. The molecular formula is C13H12N4O. The van der Waals surface area contributed by atoms with Crippen molar-refractivity contribution in [2.75, 3.05) is 4.90 Å². The van der Waals surface area contributed by atoms with Crippen LogP contribution in [0.1, 0.15) is 34.7 Å². The van der Waals surface area contributed by atoms with Crippen LogP contribution in [-0.4, -0.2) is 20.9 Å². The summed E-state index contributed by atoms with van der Waals surface area (Å²) in [5.74, 6) is 0.500. The highest BCUT2D eigenvalue weighted by Crippen LogP contribution is 2.33. The molecule has 1 aliphatic rings. The van der Waals surface area contributed by atoms with E-state index >= 15 is 0 Å². The lowest BCUT2D eigenvalue weighted by Gasteiger charge is -2.19. The van der Waals surface area contributed by atoms with Gasteiger partial charge in [0, 0.05) is 18.6 Å². The molecule has 0 saturated heterocycles. The van der Waals surface area contributed by atoms with E-state index in [1.54, 1.807) is 17.3 Å². The van der Waals surface area contributed by atoms with Crippen molar-refractivity contribution in [3.05, 3.63) is 47.7 Å². The fraction of sp³-hybridized carbons (Fsp3) is 0.231. The Kier molecular flexibility index (Phi) is 2.33. The number of nitrogens with zero attached hydrogens (tertiary/aromatic N) is 4. The lowest BCUT2D eigenvalue weighted by Crippen LogP contribution is -2.27. The lowest BCUT2D eigenvalue weighted by molar-refractivity contribution is 0.0987. The van der Waals surface area contributed by atoms with Gasteiger partial charge in [-0.3, -0.25) is 14.7 Å². The zero-order chi connectivity index (χ0) is 12.7. The van der Waals surface area contributed by atoms with Gasteiger partial charge in [0.2, 0.25) is 0 Å². The Hall–Kier alpha value is -2.30. The van der Waals surface area contributed by atoms with Crippen molar-refractivity contribution in [3.63, 3.8) is 0 Å². The van der Waals surface area contributed by atoms with Gasteiger partial charge in [0.05, 0.1) is 11.7 Å². The van der Waals surface area contributed by atoms with E-state index in [9.17, 15) is 4.79 Å². The highest BCUT2D eigenvalue weighted by Gasteiger charge is 2.37. The SMILES string of the molecule is Cc1ccc(N2C(=O)c3nccnc3C2C)nc1. The van der Waals surface area contributed by atoms with E-state index in [2.05, 4.69) is 15.0 Å². The van der Waals surface area contributed by atoms with Gasteiger partial charge >= 0.3 is 0 Å². The molecule has 1 atom stereocenters. The number of rotatable bonds is 1. The highest BCUT2D eigenvalue weighted by atomic mass is 16.2. The van der Waals surface area contributed by atoms with Gasteiger partial charge in [-0.25, -0.2) is 9.97 Å². The molecule has 0 spiro atoms. The first kappa shape index (κ1) is 10.8. The summed E-state index contributed by atoms with van der Waals surface area (Å²) in [6.45, 7) is 3.89. The molecule has 0 aliphatic carbocycles. The molecule has 0 fully saturated rings. The Bertz CT molecular complexity index is 609. The minimum absolute atomic E-state index is 0.128. The molecule has 2 aromatic heterocycles. The average Bonchev–Trinajstić information content (AvgIpc) is 2.64. The van der Waals surface area contributed by atoms with E-state index < -0.39 is 0 Å². The molecule has 0 bridgehead atoms. The molecule has 1 aliphatic heterocycles. The van der Waals surface area contributed by atoms with Crippen LogP contribution in [0.25, 0.3) is 0 Å². The molecule has 3 rings (SSSR count). The molecule has 3 heterocycles. The van der Waals surface area contributed by atoms with Crippen LogP contribution in [0.3, 0.4) is 0 Å². The first-order valence-electron chi connectivity index (χ1n) is 5.75. The van der Waals surface area contributed by atoms with E-state index in [-0.39, 0.29) is 11.9 Å². The van der Waals surface area contributed by atoms with Crippen molar-refractivity contribution >= 4 is 11.7 Å². The molecule has 0 radical (unpaired) electrons. The Balaban J connectivity index is 2.06. The fourth-order valence-corrected chi connectivity index (χ4v) is 2.14. The van der Waals surface area contributed by atoms with Gasteiger partial charge in [0.25, 0.3) is 5.91 Å². The predicted molar refractivity (Wildman–Crippen MR) is 66.2 cm³/mol. The topological polar surface area (TPSA) is 59.0 Å². The largest absolute Gasteiger partial charge is 0.282 e. The summed E-state index contributed by atoms with van der Waals surface area (Å²) in [5, 5.41) is 0. The third-order valence-electron chi connectivity index (χ3n) is 3.07. The molecule has 5 heteroatoms. The van der Waals surface area contributed by atoms with Crippen molar-refractivity contribution in [1.29, 1.82) is 0 Å². The van der Waals surface area contributed by atoms with Crippen molar-refractivity contribution in [2.45, 2.75) is 19.9 Å². The third-order valence-corrected chi connectivity index (χ3v) is 3.07. The minimum Gasteiger partial charge on any atom is -0.282 e. The van der Waals surface area contributed by atoms with Crippen molar-refractivity contribution in [2.24, 2.45) is 0 Å². The van der Waals surface area contributed by atoms with Crippen molar-refractivity contribution in [3.8, 4) is 0 Å². The number of amides is 1. The molecule has 0 aromatic carbocycles. The zero-order valence-corrected chi connectivity index (χ0v) is 10.2. The number of aromatic nitrogens is 3. The van der Waals surface area contributed by atoms with Crippen LogP contribution in [0.4, 0.5) is 5.82 Å². The molecule has 90 valence electrons. The number of hydrogen-bond donors (Lipinski definition) is 0. The smallest absolute Gasteiger partial charge is 0.280 e. The van der Waals surface area contributed by atoms with Gasteiger partial charge in [-0.2, -0.15) is 0 Å². The third kappa shape index (κ3) is 1.48. The monoisotopic (exact) mass is 240 g/mol. The van der Waals surface area contributed by atoms with Crippen LogP contribution >= 0.6 is 0 Å². The number of hydrogen-bond acceptors (Lipinski definition) is 4. The Morgan fingerprint density at radius 1 is 1.17 bits per heavy atom. The standard InChI is InChI=1S/C13H12N4O/c1-8-3-4-10(16-7-8)17-9(2)11-12(13(17)18)15-6-5-14-11/h3-7,9H,1-2H3. The first-order valence-corrected chi connectivity index (χ1v) is 5.75. The second-order valence-corrected chi connectivity index (χ2v) is 4.34. The molecule has 0 saturated carbocycles. The fourth-order valence-electron chi connectivity index (χ4n) is 2.14. The molecule has 2 aromatic rings. The van der Waals surface area contributed by atoms with Gasteiger partial charge in [-0.1, -0.05) is 6.07 Å². The molecule has 5 nitrogen and oxygen atoms in total. The summed E-state index contributed by atoms with van der Waals surface area (Å²) in [6, 6.07) is 3.65. The van der Waals surface area contributed by atoms with Crippen molar-refractivity contribution < 1.29 is 4.79 Å². The summed E-state index contributed by atoms with van der Waals surface area (Å²) in [7, 11) is 0. The van der Waals surface area contributed by atoms with Crippen LogP contribution in [0.2, 0.25) is 0 Å². The van der Waals surface area contributed by atoms with E-state index in [0.717, 1.165) is 5.56 Å². The minimum atomic E-state index is -0.137. The first-order chi connectivity index (χ1) is 8.68. The van der Waals surface area contributed by atoms with E-state index in [4.69, 9.17) is 0 Å². The van der Waals surface area contributed by atoms with Crippen LogP contribution in [0.5, 0.6) is 0 Å². The number of carbonyl (C=O) groups excluding carboxylic acids is 1. The van der Waals surface area contributed by atoms with Gasteiger partial charge in [-0.15, -0.1) is 0 Å². The summed E-state index contributed by atoms with van der Waals surface area (Å²) >= 11 is 0. The Morgan fingerprint density at radius 2 is 1.94 bits per heavy atom. The number of carbonyl (C=O) groups is 1. The van der Waals surface area contributed by atoms with E-state index in [0.29, 0.717) is 17.2 Å². The molecule has 18 heavy (non-hydrogen) atoms. The maximum absolute atomic E-state index is 12.3. The van der Waals surface area contributed by atoms with Crippen LogP contribution in [0.15, 0.2) is 30.7 Å². The normalized spacial score (nSPS) is 18.0. The van der Waals surface area contributed by atoms with Crippen LogP contribution in [-0.2, 0) is 0 Å². The average molecular weight is 240 g/mol. The predicted octanol–water partition coefficient (Wildman–Crippen LogP) is 1.90.